The summed E-state index contributed by atoms with van der Waals surface area (Å²) in [6, 6.07) is 16.3. The molecule has 1 N–H and O–H groups in total. The van der Waals surface area contributed by atoms with E-state index in [2.05, 4.69) is 10.3 Å². The van der Waals surface area contributed by atoms with Crippen LogP contribution >= 0.6 is 11.3 Å². The summed E-state index contributed by atoms with van der Waals surface area (Å²) >= 11 is 1.56. The lowest BCUT2D eigenvalue weighted by atomic mass is 10.2. The summed E-state index contributed by atoms with van der Waals surface area (Å²) in [7, 11) is 0. The Kier molecular flexibility index (Phi) is 5.07. The van der Waals surface area contributed by atoms with E-state index in [0.29, 0.717) is 17.0 Å². The molecule has 25 heavy (non-hydrogen) atoms. The molecule has 2 aromatic carbocycles. The number of nitrogens with zero attached hydrogens (tertiary/aromatic N) is 2. The third-order valence-corrected chi connectivity index (χ3v) is 4.33. The Morgan fingerprint density at radius 2 is 2.00 bits per heavy atom. The van der Waals surface area contributed by atoms with Crippen LogP contribution in [-0.4, -0.2) is 17.0 Å². The Labute approximate surface area is 149 Å². The van der Waals surface area contributed by atoms with Gasteiger partial charge in [0.15, 0.2) is 6.10 Å². The van der Waals surface area contributed by atoms with Crippen LogP contribution in [0.25, 0.3) is 10.6 Å². The third-order valence-electron chi connectivity index (χ3n) is 3.51. The number of carbonyl (C=O) groups excluding carboxylic acids is 1. The lowest BCUT2D eigenvalue weighted by molar-refractivity contribution is -0.122. The van der Waals surface area contributed by atoms with Crippen molar-refractivity contribution in [3.8, 4) is 22.4 Å². The molecule has 0 aliphatic rings. The minimum atomic E-state index is -0.729. The lowest BCUT2D eigenvalue weighted by Gasteiger charge is -2.15. The predicted octanol–water partition coefficient (Wildman–Crippen LogP) is 4.09. The predicted molar refractivity (Wildman–Crippen MR) is 97.4 cm³/mol. The highest BCUT2D eigenvalue weighted by atomic mass is 32.1. The van der Waals surface area contributed by atoms with E-state index in [-0.39, 0.29) is 5.91 Å². The summed E-state index contributed by atoms with van der Waals surface area (Å²) < 4.78 is 5.61. The number of carbonyl (C=O) groups is 1. The number of aromatic nitrogens is 1. The monoisotopic (exact) mass is 349 g/mol. The number of amides is 1. The van der Waals surface area contributed by atoms with E-state index in [1.807, 2.05) is 35.7 Å². The topological polar surface area (TPSA) is 75.0 Å². The molecule has 0 aliphatic carbocycles. The van der Waals surface area contributed by atoms with Crippen molar-refractivity contribution >= 4 is 22.9 Å². The highest BCUT2D eigenvalue weighted by Crippen LogP contribution is 2.23. The second kappa shape index (κ2) is 7.60. The van der Waals surface area contributed by atoms with Gasteiger partial charge in [-0.2, -0.15) is 5.26 Å². The van der Waals surface area contributed by atoms with Gasteiger partial charge in [-0.05, 0) is 43.3 Å². The molecule has 0 aliphatic heterocycles. The van der Waals surface area contributed by atoms with E-state index in [9.17, 15) is 4.79 Å². The Bertz CT molecular complexity index is 899. The fraction of sp³-hybridized carbons (Fsp3) is 0.105. The van der Waals surface area contributed by atoms with E-state index in [4.69, 9.17) is 10.00 Å². The highest BCUT2D eigenvalue weighted by Gasteiger charge is 2.16. The zero-order valence-corrected chi connectivity index (χ0v) is 14.3. The van der Waals surface area contributed by atoms with Crippen LogP contribution < -0.4 is 10.1 Å². The van der Waals surface area contributed by atoms with E-state index in [0.717, 1.165) is 10.6 Å². The van der Waals surface area contributed by atoms with Crippen molar-refractivity contribution in [3.05, 3.63) is 65.7 Å². The van der Waals surface area contributed by atoms with Crippen molar-refractivity contribution in [2.75, 3.05) is 5.32 Å². The number of nitriles is 1. The minimum absolute atomic E-state index is 0.283. The summed E-state index contributed by atoms with van der Waals surface area (Å²) in [5.41, 5.74) is 2.07. The highest BCUT2D eigenvalue weighted by molar-refractivity contribution is 7.13. The van der Waals surface area contributed by atoms with Crippen molar-refractivity contribution in [1.29, 1.82) is 5.26 Å². The van der Waals surface area contributed by atoms with Gasteiger partial charge in [0.05, 0.1) is 5.56 Å². The van der Waals surface area contributed by atoms with Crippen molar-refractivity contribution in [2.45, 2.75) is 13.0 Å². The number of hydrogen-bond acceptors (Lipinski definition) is 5. The number of thiazole rings is 1. The molecule has 0 radical (unpaired) electrons. The van der Waals surface area contributed by atoms with Gasteiger partial charge in [-0.3, -0.25) is 4.79 Å². The average molecular weight is 349 g/mol. The Balaban J connectivity index is 1.64. The first-order chi connectivity index (χ1) is 12.2. The Hall–Kier alpha value is -3.17. The van der Waals surface area contributed by atoms with Gasteiger partial charge in [-0.1, -0.05) is 12.1 Å². The molecule has 1 amide bonds. The molecular weight excluding hydrogens is 334 g/mol. The number of ether oxygens (including phenoxy) is 1. The first-order valence-electron chi connectivity index (χ1n) is 7.64. The van der Waals surface area contributed by atoms with E-state index < -0.39 is 6.10 Å². The van der Waals surface area contributed by atoms with Gasteiger partial charge in [0.1, 0.15) is 16.8 Å². The summed E-state index contributed by atoms with van der Waals surface area (Å²) in [5.74, 6) is 0.113. The smallest absolute Gasteiger partial charge is 0.265 e. The molecular formula is C19H15N3O2S. The van der Waals surface area contributed by atoms with Crippen LogP contribution in [0.1, 0.15) is 12.5 Å². The van der Waals surface area contributed by atoms with Crippen LogP contribution in [0.15, 0.2) is 60.1 Å². The molecule has 0 bridgehead atoms. The number of nitrogens with one attached hydrogen (secondary N) is 1. The maximum absolute atomic E-state index is 12.3. The van der Waals surface area contributed by atoms with Crippen molar-refractivity contribution in [3.63, 3.8) is 0 Å². The normalized spacial score (nSPS) is 11.4. The molecule has 1 unspecified atom stereocenters. The molecule has 1 aromatic heterocycles. The fourth-order valence-electron chi connectivity index (χ4n) is 2.21. The summed E-state index contributed by atoms with van der Waals surface area (Å²) in [6.45, 7) is 1.65. The van der Waals surface area contributed by atoms with E-state index >= 15 is 0 Å². The molecule has 6 heteroatoms. The van der Waals surface area contributed by atoms with Crippen molar-refractivity contribution < 1.29 is 9.53 Å². The molecule has 0 saturated heterocycles. The Morgan fingerprint density at radius 1 is 1.24 bits per heavy atom. The van der Waals surface area contributed by atoms with Gasteiger partial charge in [-0.25, -0.2) is 4.98 Å². The molecule has 1 heterocycles. The Morgan fingerprint density at radius 3 is 2.68 bits per heavy atom. The van der Waals surface area contributed by atoms with Crippen LogP contribution in [0.4, 0.5) is 5.69 Å². The summed E-state index contributed by atoms with van der Waals surface area (Å²) in [6.07, 6.45) is 1.03. The van der Waals surface area contributed by atoms with Crippen LogP contribution in [0.2, 0.25) is 0 Å². The number of benzene rings is 2. The first kappa shape index (κ1) is 16.7. The summed E-state index contributed by atoms with van der Waals surface area (Å²) in [4.78, 5) is 16.6. The number of hydrogen-bond donors (Lipinski definition) is 1. The van der Waals surface area contributed by atoms with Crippen LogP contribution in [-0.2, 0) is 4.79 Å². The first-order valence-corrected chi connectivity index (χ1v) is 8.52. The zero-order chi connectivity index (χ0) is 17.6. The zero-order valence-electron chi connectivity index (χ0n) is 13.5. The maximum Gasteiger partial charge on any atom is 0.265 e. The lowest BCUT2D eigenvalue weighted by Crippen LogP contribution is -2.30. The summed E-state index contributed by atoms with van der Waals surface area (Å²) in [5, 5.41) is 14.7. The molecule has 1 atom stereocenters. The van der Waals surface area contributed by atoms with E-state index in [1.54, 1.807) is 48.7 Å². The van der Waals surface area contributed by atoms with Gasteiger partial charge in [0.25, 0.3) is 5.91 Å². The molecule has 3 aromatic rings. The molecule has 124 valence electrons. The fourth-order valence-corrected chi connectivity index (χ4v) is 2.86. The van der Waals surface area contributed by atoms with Gasteiger partial charge < -0.3 is 10.1 Å². The number of para-hydroxylation sites is 1. The second-order valence-electron chi connectivity index (χ2n) is 5.27. The minimum Gasteiger partial charge on any atom is -0.480 e. The van der Waals surface area contributed by atoms with Crippen LogP contribution in [0, 0.1) is 11.3 Å². The van der Waals surface area contributed by atoms with Gasteiger partial charge in [-0.15, -0.1) is 11.3 Å². The molecule has 5 nitrogen and oxygen atoms in total. The largest absolute Gasteiger partial charge is 0.480 e. The van der Waals surface area contributed by atoms with Gasteiger partial charge in [0, 0.05) is 22.8 Å². The van der Waals surface area contributed by atoms with Crippen LogP contribution in [0.3, 0.4) is 0 Å². The van der Waals surface area contributed by atoms with Crippen molar-refractivity contribution in [2.24, 2.45) is 0 Å². The van der Waals surface area contributed by atoms with Crippen molar-refractivity contribution in [1.82, 2.24) is 4.98 Å². The molecule has 3 rings (SSSR count). The third kappa shape index (κ3) is 4.03. The molecule has 0 spiro atoms. The molecule has 0 saturated carbocycles. The quantitative estimate of drug-likeness (QED) is 0.753. The average Bonchev–Trinajstić information content (AvgIpc) is 3.17. The second-order valence-corrected chi connectivity index (χ2v) is 6.17. The van der Waals surface area contributed by atoms with Crippen LogP contribution in [0.5, 0.6) is 5.75 Å². The number of anilines is 1. The van der Waals surface area contributed by atoms with Gasteiger partial charge in [0.2, 0.25) is 0 Å². The standard InChI is InChI=1S/C19H15N3O2S/c1-13(24-17-5-3-2-4-15(17)12-20)18(23)22-16-8-6-14(7-9-16)19-21-10-11-25-19/h2-11,13H,1H3,(H,22,23). The molecule has 0 fully saturated rings. The maximum atomic E-state index is 12.3. The number of rotatable bonds is 5. The van der Waals surface area contributed by atoms with E-state index in [1.165, 1.54) is 0 Å². The SMILES string of the molecule is CC(Oc1ccccc1C#N)C(=O)Nc1ccc(-c2nccs2)cc1. The van der Waals surface area contributed by atoms with Gasteiger partial charge >= 0.3 is 0 Å².